The Morgan fingerprint density at radius 3 is 2.81 bits per heavy atom. The summed E-state index contributed by atoms with van der Waals surface area (Å²) in [5, 5.41) is 9.74. The van der Waals surface area contributed by atoms with Crippen molar-refractivity contribution < 1.29 is 4.79 Å². The van der Waals surface area contributed by atoms with Crippen LogP contribution in [0.25, 0.3) is 0 Å². The molecule has 88 valence electrons. The molecule has 0 saturated carbocycles. The zero-order valence-electron chi connectivity index (χ0n) is 9.79. The number of aromatic nitrogens is 2. The normalized spacial score (nSPS) is 18.6. The number of hydrogen-bond donors (Lipinski definition) is 2. The van der Waals surface area contributed by atoms with Gasteiger partial charge < -0.3 is 10.2 Å². The molecular formula is C11H18N4O. The summed E-state index contributed by atoms with van der Waals surface area (Å²) < 4.78 is 0. The predicted molar refractivity (Wildman–Crippen MR) is 61.3 cm³/mol. The van der Waals surface area contributed by atoms with Crippen molar-refractivity contribution in [1.82, 2.24) is 20.4 Å². The van der Waals surface area contributed by atoms with Gasteiger partial charge in [0.25, 0.3) is 5.91 Å². The Labute approximate surface area is 95.2 Å². The molecule has 1 aliphatic heterocycles. The minimum atomic E-state index is -0.0705. The molecule has 0 radical (unpaired) electrons. The average Bonchev–Trinajstić information content (AvgIpc) is 2.68. The lowest BCUT2D eigenvalue weighted by Crippen LogP contribution is -2.43. The van der Waals surface area contributed by atoms with Gasteiger partial charge in [-0.2, -0.15) is 5.10 Å². The Hall–Kier alpha value is -1.36. The first kappa shape index (κ1) is 11.1. The van der Waals surface area contributed by atoms with Crippen LogP contribution in [0, 0.1) is 6.92 Å². The number of piperidine rings is 1. The summed E-state index contributed by atoms with van der Waals surface area (Å²) in [5.74, 6) is -0.0705. The highest BCUT2D eigenvalue weighted by molar-refractivity contribution is 5.92. The molecule has 1 aromatic rings. The Morgan fingerprint density at radius 1 is 1.56 bits per heavy atom. The molecule has 2 rings (SSSR count). The van der Waals surface area contributed by atoms with Gasteiger partial charge in [-0.25, -0.2) is 0 Å². The van der Waals surface area contributed by atoms with Crippen molar-refractivity contribution in [3.05, 3.63) is 17.5 Å². The maximum absolute atomic E-state index is 11.8. The summed E-state index contributed by atoms with van der Waals surface area (Å²) in [7, 11) is 2.11. The number of carbonyl (C=O) groups excluding carboxylic acids is 1. The van der Waals surface area contributed by atoms with Crippen LogP contribution >= 0.6 is 0 Å². The Balaban J connectivity index is 1.88. The van der Waals surface area contributed by atoms with Crippen LogP contribution in [0.3, 0.4) is 0 Å². The molecule has 0 bridgehead atoms. The zero-order valence-corrected chi connectivity index (χ0v) is 9.79. The van der Waals surface area contributed by atoms with Crippen LogP contribution in [0.15, 0.2) is 6.07 Å². The van der Waals surface area contributed by atoms with E-state index in [4.69, 9.17) is 0 Å². The van der Waals surface area contributed by atoms with E-state index in [0.29, 0.717) is 11.7 Å². The van der Waals surface area contributed by atoms with Crippen LogP contribution in [-0.4, -0.2) is 47.2 Å². The number of nitrogens with one attached hydrogen (secondary N) is 2. The third-order valence-electron chi connectivity index (χ3n) is 2.99. The van der Waals surface area contributed by atoms with E-state index in [0.717, 1.165) is 31.6 Å². The summed E-state index contributed by atoms with van der Waals surface area (Å²) in [6.07, 6.45) is 2.04. The fourth-order valence-electron chi connectivity index (χ4n) is 1.95. The summed E-state index contributed by atoms with van der Waals surface area (Å²) in [4.78, 5) is 14.1. The summed E-state index contributed by atoms with van der Waals surface area (Å²) >= 11 is 0. The lowest BCUT2D eigenvalue weighted by atomic mass is 10.1. The van der Waals surface area contributed by atoms with E-state index >= 15 is 0 Å². The monoisotopic (exact) mass is 222 g/mol. The number of H-pyrrole nitrogens is 1. The highest BCUT2D eigenvalue weighted by atomic mass is 16.2. The first-order valence-corrected chi connectivity index (χ1v) is 5.66. The highest BCUT2D eigenvalue weighted by Crippen LogP contribution is 2.09. The lowest BCUT2D eigenvalue weighted by Gasteiger charge is -2.29. The van der Waals surface area contributed by atoms with Crippen molar-refractivity contribution in [2.75, 3.05) is 20.1 Å². The Bertz CT molecular complexity index is 366. The van der Waals surface area contributed by atoms with Gasteiger partial charge in [-0.1, -0.05) is 0 Å². The van der Waals surface area contributed by atoms with Crippen LogP contribution in [0.4, 0.5) is 0 Å². The van der Waals surface area contributed by atoms with Crippen molar-refractivity contribution in [2.45, 2.75) is 25.8 Å². The molecule has 1 amide bonds. The Kier molecular flexibility index (Phi) is 3.24. The van der Waals surface area contributed by atoms with Gasteiger partial charge in [-0.15, -0.1) is 0 Å². The number of nitrogens with zero attached hydrogens (tertiary/aromatic N) is 2. The molecule has 0 atom stereocenters. The van der Waals surface area contributed by atoms with Crippen molar-refractivity contribution in [3.63, 3.8) is 0 Å². The lowest BCUT2D eigenvalue weighted by molar-refractivity contribution is 0.0912. The van der Waals surface area contributed by atoms with Crippen molar-refractivity contribution in [1.29, 1.82) is 0 Å². The minimum Gasteiger partial charge on any atom is -0.348 e. The van der Waals surface area contributed by atoms with Gasteiger partial charge in [0, 0.05) is 11.7 Å². The topological polar surface area (TPSA) is 61.0 Å². The molecule has 0 unspecified atom stereocenters. The van der Waals surface area contributed by atoms with Crippen LogP contribution in [0.2, 0.25) is 0 Å². The predicted octanol–water partition coefficient (Wildman–Crippen LogP) is 0.542. The summed E-state index contributed by atoms with van der Waals surface area (Å²) in [5.41, 5.74) is 1.39. The maximum atomic E-state index is 11.8. The molecule has 2 N–H and O–H groups in total. The van der Waals surface area contributed by atoms with E-state index in [2.05, 4.69) is 27.5 Å². The molecule has 1 saturated heterocycles. The van der Waals surface area contributed by atoms with Gasteiger partial charge in [0.2, 0.25) is 0 Å². The minimum absolute atomic E-state index is 0.0705. The first-order chi connectivity index (χ1) is 7.65. The molecule has 2 heterocycles. The van der Waals surface area contributed by atoms with Gasteiger partial charge in [-0.05, 0) is 46.0 Å². The number of aromatic amines is 1. The average molecular weight is 222 g/mol. The van der Waals surface area contributed by atoms with Gasteiger partial charge in [-0.3, -0.25) is 9.89 Å². The number of aryl methyl sites for hydroxylation is 1. The first-order valence-electron chi connectivity index (χ1n) is 5.66. The van der Waals surface area contributed by atoms with Gasteiger partial charge in [0.05, 0.1) is 0 Å². The third-order valence-corrected chi connectivity index (χ3v) is 2.99. The van der Waals surface area contributed by atoms with E-state index in [1.165, 1.54) is 0 Å². The molecule has 0 aliphatic carbocycles. The van der Waals surface area contributed by atoms with E-state index < -0.39 is 0 Å². The molecule has 1 fully saturated rings. The SMILES string of the molecule is Cc1cc(C(=O)NC2CCN(C)CC2)n[nH]1. The molecule has 5 heteroatoms. The quantitative estimate of drug-likeness (QED) is 0.768. The van der Waals surface area contributed by atoms with Crippen molar-refractivity contribution in [3.8, 4) is 0 Å². The summed E-state index contributed by atoms with van der Waals surface area (Å²) in [6, 6.07) is 2.06. The molecule has 0 aromatic carbocycles. The van der Waals surface area contributed by atoms with Crippen LogP contribution in [0.5, 0.6) is 0 Å². The number of amides is 1. The molecule has 0 spiro atoms. The Morgan fingerprint density at radius 2 is 2.25 bits per heavy atom. The smallest absolute Gasteiger partial charge is 0.271 e. The van der Waals surface area contributed by atoms with Gasteiger partial charge in [0.15, 0.2) is 0 Å². The third kappa shape index (κ3) is 2.61. The van der Waals surface area contributed by atoms with E-state index in [9.17, 15) is 4.79 Å². The van der Waals surface area contributed by atoms with Crippen LogP contribution in [-0.2, 0) is 0 Å². The maximum Gasteiger partial charge on any atom is 0.271 e. The molecular weight excluding hydrogens is 204 g/mol. The number of carbonyl (C=O) groups is 1. The number of likely N-dealkylation sites (tertiary alicyclic amines) is 1. The number of rotatable bonds is 2. The van der Waals surface area contributed by atoms with Gasteiger partial charge >= 0.3 is 0 Å². The van der Waals surface area contributed by atoms with Crippen LogP contribution in [0.1, 0.15) is 29.0 Å². The second-order valence-corrected chi connectivity index (χ2v) is 4.49. The van der Waals surface area contributed by atoms with Crippen LogP contribution < -0.4 is 5.32 Å². The number of hydrogen-bond acceptors (Lipinski definition) is 3. The zero-order chi connectivity index (χ0) is 11.5. The fraction of sp³-hybridized carbons (Fsp3) is 0.636. The largest absolute Gasteiger partial charge is 0.348 e. The summed E-state index contributed by atoms with van der Waals surface area (Å²) in [6.45, 7) is 3.98. The fourth-order valence-corrected chi connectivity index (χ4v) is 1.95. The highest BCUT2D eigenvalue weighted by Gasteiger charge is 2.19. The standard InChI is InChI=1S/C11H18N4O/c1-8-7-10(14-13-8)11(16)12-9-3-5-15(2)6-4-9/h7,9H,3-6H2,1-2H3,(H,12,16)(H,13,14). The van der Waals surface area contributed by atoms with E-state index in [-0.39, 0.29) is 5.91 Å². The van der Waals surface area contributed by atoms with E-state index in [1.54, 1.807) is 6.07 Å². The molecule has 16 heavy (non-hydrogen) atoms. The molecule has 1 aliphatic rings. The van der Waals surface area contributed by atoms with Crippen molar-refractivity contribution >= 4 is 5.91 Å². The second-order valence-electron chi connectivity index (χ2n) is 4.49. The molecule has 1 aromatic heterocycles. The molecule has 5 nitrogen and oxygen atoms in total. The van der Waals surface area contributed by atoms with Crippen molar-refractivity contribution in [2.24, 2.45) is 0 Å². The second kappa shape index (κ2) is 4.65. The van der Waals surface area contributed by atoms with Gasteiger partial charge in [0.1, 0.15) is 5.69 Å². The van der Waals surface area contributed by atoms with E-state index in [1.807, 2.05) is 6.92 Å².